The fourth-order valence-corrected chi connectivity index (χ4v) is 2.27. The molecule has 0 aromatic heterocycles. The fraction of sp³-hybridized carbons (Fsp3) is 0.556. The molecule has 0 saturated heterocycles. The van der Waals surface area contributed by atoms with Crippen LogP contribution >= 0.6 is 0 Å². The van der Waals surface area contributed by atoms with Crippen LogP contribution in [0.1, 0.15) is 62.3 Å². The van der Waals surface area contributed by atoms with Crippen LogP contribution < -0.4 is 5.73 Å². The molecule has 19 heavy (non-hydrogen) atoms. The standard InChI is InChI=1S/C18H27N/c1-4-15-13-16(5-2)18(17(6-3)14-15)11-9-7-8-10-12-19/h13-14H,4-8,10,12,19H2,1-3H3. The van der Waals surface area contributed by atoms with Crippen LogP contribution in [0, 0.1) is 11.8 Å². The molecule has 0 radical (unpaired) electrons. The molecular weight excluding hydrogens is 230 g/mol. The van der Waals surface area contributed by atoms with Crippen molar-refractivity contribution in [3.8, 4) is 11.8 Å². The molecule has 1 nitrogen and oxygen atoms in total. The van der Waals surface area contributed by atoms with Crippen molar-refractivity contribution in [3.63, 3.8) is 0 Å². The normalized spacial score (nSPS) is 10.1. The molecule has 0 saturated carbocycles. The Balaban J connectivity index is 2.96. The van der Waals surface area contributed by atoms with E-state index in [1.807, 2.05) is 0 Å². The van der Waals surface area contributed by atoms with Gasteiger partial charge in [0, 0.05) is 12.0 Å². The molecule has 0 spiro atoms. The summed E-state index contributed by atoms with van der Waals surface area (Å²) in [6.07, 6.45) is 6.37. The molecule has 0 bridgehead atoms. The number of hydrogen-bond acceptors (Lipinski definition) is 1. The van der Waals surface area contributed by atoms with Crippen molar-refractivity contribution in [2.75, 3.05) is 6.54 Å². The molecule has 0 amide bonds. The van der Waals surface area contributed by atoms with E-state index in [9.17, 15) is 0 Å². The van der Waals surface area contributed by atoms with Gasteiger partial charge in [-0.3, -0.25) is 0 Å². The van der Waals surface area contributed by atoms with Crippen molar-refractivity contribution < 1.29 is 0 Å². The van der Waals surface area contributed by atoms with E-state index < -0.39 is 0 Å². The van der Waals surface area contributed by atoms with E-state index >= 15 is 0 Å². The summed E-state index contributed by atoms with van der Waals surface area (Å²) in [6, 6.07) is 4.64. The first-order valence-corrected chi connectivity index (χ1v) is 7.60. The second kappa shape index (κ2) is 8.77. The lowest BCUT2D eigenvalue weighted by atomic mass is 9.94. The van der Waals surface area contributed by atoms with E-state index in [2.05, 4.69) is 44.7 Å². The average Bonchev–Trinajstić information content (AvgIpc) is 2.46. The van der Waals surface area contributed by atoms with Crippen LogP contribution in [-0.2, 0) is 19.3 Å². The van der Waals surface area contributed by atoms with Gasteiger partial charge in [-0.2, -0.15) is 0 Å². The third-order valence-electron chi connectivity index (χ3n) is 3.50. The van der Waals surface area contributed by atoms with Gasteiger partial charge in [0.1, 0.15) is 0 Å². The van der Waals surface area contributed by atoms with E-state index in [1.165, 1.54) is 22.3 Å². The van der Waals surface area contributed by atoms with Gasteiger partial charge in [0.25, 0.3) is 0 Å². The molecular formula is C18H27N. The maximum Gasteiger partial charge on any atom is 0.0309 e. The van der Waals surface area contributed by atoms with Gasteiger partial charge in [-0.15, -0.1) is 0 Å². The zero-order valence-corrected chi connectivity index (χ0v) is 12.7. The second-order valence-electron chi connectivity index (χ2n) is 4.90. The summed E-state index contributed by atoms with van der Waals surface area (Å²) < 4.78 is 0. The van der Waals surface area contributed by atoms with E-state index in [-0.39, 0.29) is 0 Å². The molecule has 1 aromatic carbocycles. The Morgan fingerprint density at radius 1 is 0.947 bits per heavy atom. The molecule has 0 aliphatic carbocycles. The lowest BCUT2D eigenvalue weighted by Crippen LogP contribution is -1.98. The summed E-state index contributed by atoms with van der Waals surface area (Å²) >= 11 is 0. The summed E-state index contributed by atoms with van der Waals surface area (Å²) in [4.78, 5) is 0. The monoisotopic (exact) mass is 257 g/mol. The summed E-state index contributed by atoms with van der Waals surface area (Å²) in [5.41, 5.74) is 11.0. The highest BCUT2D eigenvalue weighted by molar-refractivity contribution is 5.49. The van der Waals surface area contributed by atoms with E-state index in [0.717, 1.165) is 45.1 Å². The zero-order chi connectivity index (χ0) is 14.1. The molecule has 0 fully saturated rings. The van der Waals surface area contributed by atoms with Crippen LogP contribution in [0.2, 0.25) is 0 Å². The highest BCUT2D eigenvalue weighted by Gasteiger charge is 2.06. The minimum absolute atomic E-state index is 0.771. The van der Waals surface area contributed by atoms with Crippen LogP contribution in [0.15, 0.2) is 12.1 Å². The molecule has 1 aromatic rings. The van der Waals surface area contributed by atoms with Crippen molar-refractivity contribution >= 4 is 0 Å². The van der Waals surface area contributed by atoms with Crippen molar-refractivity contribution in [2.24, 2.45) is 5.73 Å². The summed E-state index contributed by atoms with van der Waals surface area (Å²) in [6.45, 7) is 7.42. The molecule has 0 aliphatic rings. The first kappa shape index (κ1) is 15.8. The Kier molecular flexibility index (Phi) is 7.30. The minimum Gasteiger partial charge on any atom is -0.330 e. The highest BCUT2D eigenvalue weighted by Crippen LogP contribution is 2.19. The molecule has 1 heteroatoms. The van der Waals surface area contributed by atoms with Gasteiger partial charge in [0.15, 0.2) is 0 Å². The van der Waals surface area contributed by atoms with Gasteiger partial charge >= 0.3 is 0 Å². The van der Waals surface area contributed by atoms with Crippen LogP contribution in [-0.4, -0.2) is 6.54 Å². The molecule has 0 heterocycles. The Morgan fingerprint density at radius 2 is 1.58 bits per heavy atom. The summed E-state index contributed by atoms with van der Waals surface area (Å²) in [5, 5.41) is 0. The molecule has 104 valence electrons. The van der Waals surface area contributed by atoms with Gasteiger partial charge in [0.05, 0.1) is 0 Å². The van der Waals surface area contributed by atoms with E-state index in [4.69, 9.17) is 5.73 Å². The Morgan fingerprint density at radius 3 is 2.05 bits per heavy atom. The van der Waals surface area contributed by atoms with E-state index in [1.54, 1.807) is 0 Å². The average molecular weight is 257 g/mol. The number of hydrogen-bond donors (Lipinski definition) is 1. The Bertz CT molecular complexity index is 423. The number of nitrogens with two attached hydrogens (primary N) is 1. The first-order chi connectivity index (χ1) is 9.26. The molecule has 0 unspecified atom stereocenters. The lowest BCUT2D eigenvalue weighted by Gasteiger charge is -2.10. The zero-order valence-electron chi connectivity index (χ0n) is 12.7. The third-order valence-corrected chi connectivity index (χ3v) is 3.50. The van der Waals surface area contributed by atoms with Crippen molar-refractivity contribution in [1.82, 2.24) is 0 Å². The highest BCUT2D eigenvalue weighted by atomic mass is 14.5. The van der Waals surface area contributed by atoms with Gasteiger partial charge < -0.3 is 5.73 Å². The van der Waals surface area contributed by atoms with Crippen LogP contribution in [0.4, 0.5) is 0 Å². The fourth-order valence-electron chi connectivity index (χ4n) is 2.27. The number of aryl methyl sites for hydroxylation is 3. The largest absolute Gasteiger partial charge is 0.330 e. The SMILES string of the molecule is CCc1cc(CC)c(C#CCCCCN)c(CC)c1. The molecule has 0 aliphatic heterocycles. The minimum atomic E-state index is 0.771. The second-order valence-corrected chi connectivity index (χ2v) is 4.90. The third kappa shape index (κ3) is 4.73. The number of benzene rings is 1. The summed E-state index contributed by atoms with van der Waals surface area (Å²) in [7, 11) is 0. The topological polar surface area (TPSA) is 26.0 Å². The smallest absolute Gasteiger partial charge is 0.0309 e. The molecule has 0 atom stereocenters. The summed E-state index contributed by atoms with van der Waals surface area (Å²) in [5.74, 6) is 6.72. The lowest BCUT2D eigenvalue weighted by molar-refractivity contribution is 0.767. The van der Waals surface area contributed by atoms with Crippen molar-refractivity contribution in [2.45, 2.75) is 59.3 Å². The molecule has 1 rings (SSSR count). The van der Waals surface area contributed by atoms with Gasteiger partial charge in [-0.25, -0.2) is 0 Å². The molecule has 2 N–H and O–H groups in total. The van der Waals surface area contributed by atoms with Crippen molar-refractivity contribution in [1.29, 1.82) is 0 Å². The predicted octanol–water partition coefficient (Wildman–Crippen LogP) is 3.85. The van der Waals surface area contributed by atoms with Gasteiger partial charge in [-0.1, -0.05) is 44.7 Å². The Hall–Kier alpha value is -1.26. The van der Waals surface area contributed by atoms with Crippen LogP contribution in [0.3, 0.4) is 0 Å². The van der Waals surface area contributed by atoms with E-state index in [0.29, 0.717) is 0 Å². The van der Waals surface area contributed by atoms with Crippen molar-refractivity contribution in [3.05, 3.63) is 34.4 Å². The van der Waals surface area contributed by atoms with Gasteiger partial charge in [0.2, 0.25) is 0 Å². The predicted molar refractivity (Wildman–Crippen MR) is 84.4 cm³/mol. The number of rotatable bonds is 6. The Labute approximate surface area is 118 Å². The van der Waals surface area contributed by atoms with Crippen LogP contribution in [0.5, 0.6) is 0 Å². The van der Waals surface area contributed by atoms with Gasteiger partial charge in [-0.05, 0) is 55.3 Å². The maximum absolute atomic E-state index is 5.50. The van der Waals surface area contributed by atoms with Crippen LogP contribution in [0.25, 0.3) is 0 Å². The first-order valence-electron chi connectivity index (χ1n) is 7.60. The quantitative estimate of drug-likeness (QED) is 0.608. The maximum atomic E-state index is 5.50. The number of unbranched alkanes of at least 4 members (excludes halogenated alkanes) is 2.